The summed E-state index contributed by atoms with van der Waals surface area (Å²) in [7, 11) is 0. The molecule has 7 heteroatoms. The van der Waals surface area contributed by atoms with E-state index in [2.05, 4.69) is 11.5 Å². The highest BCUT2D eigenvalue weighted by molar-refractivity contribution is 5.91. The molecule has 7 nitrogen and oxygen atoms in total. The van der Waals surface area contributed by atoms with Crippen molar-refractivity contribution >= 4 is 11.8 Å². The van der Waals surface area contributed by atoms with Crippen LogP contribution in [0.1, 0.15) is 62.0 Å². The van der Waals surface area contributed by atoms with Crippen molar-refractivity contribution in [3.8, 4) is 0 Å². The lowest BCUT2D eigenvalue weighted by Crippen LogP contribution is -2.48. The van der Waals surface area contributed by atoms with Crippen molar-refractivity contribution in [3.05, 3.63) is 47.7 Å². The molecule has 1 aliphatic carbocycles. The van der Waals surface area contributed by atoms with Gasteiger partial charge in [-0.25, -0.2) is 0 Å². The fourth-order valence-electron chi connectivity index (χ4n) is 4.31. The number of hydrogen-bond acceptors (Lipinski definition) is 4. The number of ether oxygens (including phenoxy) is 1. The lowest BCUT2D eigenvalue weighted by molar-refractivity contribution is -0.133. The summed E-state index contributed by atoms with van der Waals surface area (Å²) >= 11 is 0. The van der Waals surface area contributed by atoms with Gasteiger partial charge in [0.1, 0.15) is 5.76 Å². The number of furan rings is 1. The highest BCUT2D eigenvalue weighted by Crippen LogP contribution is 2.31. The number of amides is 2. The molecular formula is C24H33N3O4. The van der Waals surface area contributed by atoms with Gasteiger partial charge in [-0.05, 0) is 57.4 Å². The molecule has 2 fully saturated rings. The van der Waals surface area contributed by atoms with Gasteiger partial charge in [-0.3, -0.25) is 9.59 Å². The third-order valence-corrected chi connectivity index (χ3v) is 5.91. The predicted octanol–water partition coefficient (Wildman–Crippen LogP) is 3.53. The van der Waals surface area contributed by atoms with E-state index < -0.39 is 0 Å². The molecule has 168 valence electrons. The Labute approximate surface area is 183 Å². The van der Waals surface area contributed by atoms with Crippen LogP contribution in [0.15, 0.2) is 34.9 Å². The van der Waals surface area contributed by atoms with Crippen LogP contribution in [0, 0.1) is 5.92 Å². The molecule has 2 atom stereocenters. The largest absolute Gasteiger partial charge is 0.454 e. The third kappa shape index (κ3) is 5.21. The van der Waals surface area contributed by atoms with Gasteiger partial charge < -0.3 is 23.5 Å². The molecule has 0 bridgehead atoms. The molecule has 2 aromatic rings. The van der Waals surface area contributed by atoms with Gasteiger partial charge in [0.05, 0.1) is 25.3 Å². The standard InChI is InChI=1S/C24H33N3O4/c1-4-11-26(23(28)19-7-8-19)15-20-6-5-12-25(20)16-21-9-10-22(31-21)24(29)27-13-17(2)30-18(3)14-27/h5-6,9-10,12,17-19H,4,7-8,11,13-16H2,1-3H3. The Morgan fingerprint density at radius 3 is 2.55 bits per heavy atom. The van der Waals surface area contributed by atoms with Crippen LogP contribution in [-0.4, -0.2) is 58.0 Å². The van der Waals surface area contributed by atoms with Gasteiger partial charge in [0, 0.05) is 37.4 Å². The summed E-state index contributed by atoms with van der Waals surface area (Å²) in [6.45, 7) is 9.11. The zero-order valence-corrected chi connectivity index (χ0v) is 18.8. The van der Waals surface area contributed by atoms with Gasteiger partial charge in [0.2, 0.25) is 5.91 Å². The van der Waals surface area contributed by atoms with Gasteiger partial charge in [0.15, 0.2) is 5.76 Å². The monoisotopic (exact) mass is 427 g/mol. The molecule has 0 N–H and O–H groups in total. The van der Waals surface area contributed by atoms with E-state index in [4.69, 9.17) is 9.15 Å². The predicted molar refractivity (Wildman–Crippen MR) is 117 cm³/mol. The molecule has 3 heterocycles. The minimum atomic E-state index is -0.0925. The van der Waals surface area contributed by atoms with Crippen LogP contribution in [0.3, 0.4) is 0 Å². The van der Waals surface area contributed by atoms with E-state index in [1.165, 1.54) is 0 Å². The van der Waals surface area contributed by atoms with Crippen LogP contribution >= 0.6 is 0 Å². The van der Waals surface area contributed by atoms with Crippen LogP contribution < -0.4 is 0 Å². The molecule has 2 unspecified atom stereocenters. The number of carbonyl (C=O) groups is 2. The Balaban J connectivity index is 1.41. The van der Waals surface area contributed by atoms with Crippen LogP contribution in [0.5, 0.6) is 0 Å². The molecule has 2 aromatic heterocycles. The number of nitrogens with zero attached hydrogens (tertiary/aromatic N) is 3. The smallest absolute Gasteiger partial charge is 0.289 e. The van der Waals surface area contributed by atoms with Crippen molar-refractivity contribution < 1.29 is 18.7 Å². The SMILES string of the molecule is CCCN(Cc1cccn1Cc1ccc(C(=O)N2CC(C)OC(C)C2)o1)C(=O)C1CC1. The molecule has 1 saturated heterocycles. The van der Waals surface area contributed by atoms with Crippen molar-refractivity contribution in [1.29, 1.82) is 0 Å². The first kappa shape index (κ1) is 21.7. The van der Waals surface area contributed by atoms with Crippen molar-refractivity contribution in [2.75, 3.05) is 19.6 Å². The first-order valence-electron chi connectivity index (χ1n) is 11.4. The average molecular weight is 428 g/mol. The zero-order chi connectivity index (χ0) is 22.0. The number of hydrogen-bond donors (Lipinski definition) is 0. The molecule has 0 radical (unpaired) electrons. The Bertz CT molecular complexity index is 904. The second-order valence-corrected chi connectivity index (χ2v) is 8.89. The van der Waals surface area contributed by atoms with E-state index in [-0.39, 0.29) is 29.9 Å². The number of aromatic nitrogens is 1. The lowest BCUT2D eigenvalue weighted by atomic mass is 10.2. The summed E-state index contributed by atoms with van der Waals surface area (Å²) in [5, 5.41) is 0. The van der Waals surface area contributed by atoms with Crippen molar-refractivity contribution in [2.45, 2.75) is 65.3 Å². The molecule has 0 spiro atoms. The topological polar surface area (TPSA) is 67.9 Å². The summed E-state index contributed by atoms with van der Waals surface area (Å²) in [6.07, 6.45) is 5.02. The number of carbonyl (C=O) groups excluding carboxylic acids is 2. The number of morpholine rings is 1. The Morgan fingerprint density at radius 2 is 1.87 bits per heavy atom. The lowest BCUT2D eigenvalue weighted by Gasteiger charge is -2.34. The number of rotatable bonds is 8. The molecule has 2 amide bonds. The summed E-state index contributed by atoms with van der Waals surface area (Å²) in [5.41, 5.74) is 1.07. The second-order valence-electron chi connectivity index (χ2n) is 8.89. The van der Waals surface area contributed by atoms with Crippen molar-refractivity contribution in [3.63, 3.8) is 0 Å². The highest BCUT2D eigenvalue weighted by Gasteiger charge is 2.33. The Kier molecular flexibility index (Phi) is 6.51. The van der Waals surface area contributed by atoms with Crippen molar-refractivity contribution in [1.82, 2.24) is 14.4 Å². The summed E-state index contributed by atoms with van der Waals surface area (Å²) in [6, 6.07) is 7.66. The maximum atomic E-state index is 12.9. The summed E-state index contributed by atoms with van der Waals surface area (Å²) < 4.78 is 13.7. The maximum absolute atomic E-state index is 12.9. The average Bonchev–Trinajstić information content (AvgIpc) is 3.33. The maximum Gasteiger partial charge on any atom is 0.289 e. The van der Waals surface area contributed by atoms with E-state index in [0.717, 1.165) is 37.3 Å². The molecule has 0 aromatic carbocycles. The molecule has 31 heavy (non-hydrogen) atoms. The molecule has 2 aliphatic rings. The van der Waals surface area contributed by atoms with E-state index in [0.29, 0.717) is 31.9 Å². The Hall–Kier alpha value is -2.54. The van der Waals surface area contributed by atoms with Crippen LogP contribution in [0.2, 0.25) is 0 Å². The normalized spacial score (nSPS) is 21.3. The molecule has 1 saturated carbocycles. The van der Waals surface area contributed by atoms with Crippen LogP contribution in [0.25, 0.3) is 0 Å². The minimum Gasteiger partial charge on any atom is -0.454 e. The van der Waals surface area contributed by atoms with E-state index in [9.17, 15) is 9.59 Å². The van der Waals surface area contributed by atoms with Gasteiger partial charge in [-0.2, -0.15) is 0 Å². The quantitative estimate of drug-likeness (QED) is 0.646. The zero-order valence-electron chi connectivity index (χ0n) is 18.8. The fraction of sp³-hybridized carbons (Fsp3) is 0.583. The van der Waals surface area contributed by atoms with Gasteiger partial charge in [-0.1, -0.05) is 6.92 Å². The van der Waals surface area contributed by atoms with Crippen molar-refractivity contribution in [2.24, 2.45) is 5.92 Å². The van der Waals surface area contributed by atoms with E-state index in [1.54, 1.807) is 11.0 Å². The summed E-state index contributed by atoms with van der Waals surface area (Å²) in [5.74, 6) is 1.49. The van der Waals surface area contributed by atoms with Gasteiger partial charge in [-0.15, -0.1) is 0 Å². The highest BCUT2D eigenvalue weighted by atomic mass is 16.5. The van der Waals surface area contributed by atoms with Gasteiger partial charge in [0.25, 0.3) is 5.91 Å². The van der Waals surface area contributed by atoms with E-state index in [1.807, 2.05) is 43.1 Å². The molecule has 4 rings (SSSR count). The van der Waals surface area contributed by atoms with Crippen LogP contribution in [0.4, 0.5) is 0 Å². The molecular weight excluding hydrogens is 394 g/mol. The summed E-state index contributed by atoms with van der Waals surface area (Å²) in [4.78, 5) is 29.2. The van der Waals surface area contributed by atoms with Gasteiger partial charge >= 0.3 is 0 Å². The third-order valence-electron chi connectivity index (χ3n) is 5.91. The minimum absolute atomic E-state index is 0.0222. The molecule has 1 aliphatic heterocycles. The first-order valence-corrected chi connectivity index (χ1v) is 11.4. The fourth-order valence-corrected chi connectivity index (χ4v) is 4.31. The first-order chi connectivity index (χ1) is 14.9. The second kappa shape index (κ2) is 9.30. The van der Waals surface area contributed by atoms with Crippen LogP contribution in [-0.2, 0) is 22.6 Å². The van der Waals surface area contributed by atoms with E-state index >= 15 is 0 Å². The Morgan fingerprint density at radius 1 is 1.13 bits per heavy atom.